The van der Waals surface area contributed by atoms with E-state index in [1.54, 1.807) is 6.92 Å². The zero-order valence-corrected chi connectivity index (χ0v) is 8.40. The molecule has 1 aliphatic rings. The fraction of sp³-hybridized carbons (Fsp3) is 0.667. The van der Waals surface area contributed by atoms with Crippen LogP contribution in [0.25, 0.3) is 0 Å². The zero-order valence-electron chi connectivity index (χ0n) is 7.64. The molecule has 72 valence electrons. The maximum Gasteiger partial charge on any atom is 0.217 e. The standard InChI is InChI=1S/C9H13ClN2O/c1-6-12-7(8(10)13-6)2-3-9(11)4-5-9/h2-5,11H2,1H3. The summed E-state index contributed by atoms with van der Waals surface area (Å²) in [6.45, 7) is 1.80. The highest BCUT2D eigenvalue weighted by Gasteiger charge is 2.37. The lowest BCUT2D eigenvalue weighted by atomic mass is 10.1. The molecule has 1 fully saturated rings. The molecule has 0 spiro atoms. The van der Waals surface area contributed by atoms with E-state index < -0.39 is 0 Å². The highest BCUT2D eigenvalue weighted by molar-refractivity contribution is 6.29. The number of hydrogen-bond donors (Lipinski definition) is 1. The smallest absolute Gasteiger partial charge is 0.217 e. The van der Waals surface area contributed by atoms with Gasteiger partial charge in [-0.15, -0.1) is 0 Å². The van der Waals surface area contributed by atoms with Gasteiger partial charge in [-0.25, -0.2) is 4.98 Å². The number of halogens is 1. The van der Waals surface area contributed by atoms with E-state index >= 15 is 0 Å². The van der Waals surface area contributed by atoms with Gasteiger partial charge in [-0.05, 0) is 37.3 Å². The van der Waals surface area contributed by atoms with E-state index in [-0.39, 0.29) is 5.54 Å². The molecule has 0 bridgehead atoms. The predicted molar refractivity (Wildman–Crippen MR) is 50.7 cm³/mol. The summed E-state index contributed by atoms with van der Waals surface area (Å²) in [5.41, 5.74) is 6.86. The zero-order chi connectivity index (χ0) is 9.47. The minimum atomic E-state index is 0.0657. The highest BCUT2D eigenvalue weighted by Crippen LogP contribution is 2.37. The average Bonchev–Trinajstić information content (AvgIpc) is 2.69. The Balaban J connectivity index is 1.97. The van der Waals surface area contributed by atoms with Crippen molar-refractivity contribution in [1.82, 2.24) is 4.98 Å². The first-order valence-corrected chi connectivity index (χ1v) is 4.88. The number of aromatic nitrogens is 1. The average molecular weight is 201 g/mol. The molecule has 0 amide bonds. The Morgan fingerprint density at radius 3 is 2.77 bits per heavy atom. The van der Waals surface area contributed by atoms with Crippen molar-refractivity contribution in [1.29, 1.82) is 0 Å². The van der Waals surface area contributed by atoms with Gasteiger partial charge in [0.15, 0.2) is 5.89 Å². The van der Waals surface area contributed by atoms with Gasteiger partial charge in [0.1, 0.15) is 0 Å². The van der Waals surface area contributed by atoms with E-state index in [0.717, 1.165) is 31.4 Å². The quantitative estimate of drug-likeness (QED) is 0.813. The van der Waals surface area contributed by atoms with Crippen LogP contribution in [0.3, 0.4) is 0 Å². The molecule has 2 rings (SSSR count). The molecule has 1 aromatic heterocycles. The molecular formula is C9H13ClN2O. The molecule has 3 nitrogen and oxygen atoms in total. The number of hydrogen-bond acceptors (Lipinski definition) is 3. The molecule has 0 atom stereocenters. The van der Waals surface area contributed by atoms with E-state index in [4.69, 9.17) is 21.8 Å². The van der Waals surface area contributed by atoms with Gasteiger partial charge >= 0.3 is 0 Å². The van der Waals surface area contributed by atoms with Gasteiger partial charge in [-0.3, -0.25) is 0 Å². The lowest BCUT2D eigenvalue weighted by molar-refractivity contribution is 0.521. The second-order valence-corrected chi connectivity index (χ2v) is 4.16. The summed E-state index contributed by atoms with van der Waals surface area (Å²) in [5.74, 6) is 0.627. The molecule has 1 aliphatic carbocycles. The monoisotopic (exact) mass is 200 g/mol. The van der Waals surface area contributed by atoms with Crippen molar-refractivity contribution in [2.45, 2.75) is 38.1 Å². The van der Waals surface area contributed by atoms with Crippen LogP contribution in [0.5, 0.6) is 0 Å². The van der Waals surface area contributed by atoms with Crippen molar-refractivity contribution in [2.75, 3.05) is 0 Å². The summed E-state index contributed by atoms with van der Waals surface area (Å²) < 4.78 is 5.11. The lowest BCUT2D eigenvalue weighted by Gasteiger charge is -2.05. The lowest BCUT2D eigenvalue weighted by Crippen LogP contribution is -2.22. The predicted octanol–water partition coefficient (Wildman–Crippen LogP) is 2.06. The van der Waals surface area contributed by atoms with Crippen LogP contribution in [-0.4, -0.2) is 10.5 Å². The third-order valence-corrected chi connectivity index (χ3v) is 2.80. The molecule has 0 saturated heterocycles. The van der Waals surface area contributed by atoms with Gasteiger partial charge in [0, 0.05) is 12.5 Å². The summed E-state index contributed by atoms with van der Waals surface area (Å²) in [4.78, 5) is 4.19. The molecule has 13 heavy (non-hydrogen) atoms. The number of nitrogens with two attached hydrogens (primary N) is 1. The van der Waals surface area contributed by atoms with E-state index in [9.17, 15) is 0 Å². The minimum Gasteiger partial charge on any atom is -0.429 e. The van der Waals surface area contributed by atoms with E-state index in [1.807, 2.05) is 0 Å². The summed E-state index contributed by atoms with van der Waals surface area (Å²) >= 11 is 5.82. The topological polar surface area (TPSA) is 52.0 Å². The van der Waals surface area contributed by atoms with Crippen LogP contribution in [0.4, 0.5) is 0 Å². The first kappa shape index (κ1) is 9.03. The Hall–Kier alpha value is -0.540. The number of oxazole rings is 1. The second-order valence-electron chi connectivity index (χ2n) is 3.82. The molecule has 2 N–H and O–H groups in total. The summed E-state index contributed by atoms with van der Waals surface area (Å²) in [6, 6.07) is 0. The Morgan fingerprint density at radius 1 is 1.62 bits per heavy atom. The molecule has 4 heteroatoms. The van der Waals surface area contributed by atoms with Crippen molar-refractivity contribution in [3.05, 3.63) is 16.8 Å². The Morgan fingerprint density at radius 2 is 2.31 bits per heavy atom. The van der Waals surface area contributed by atoms with Crippen LogP contribution in [0, 0.1) is 6.92 Å². The molecule has 1 heterocycles. The van der Waals surface area contributed by atoms with Gasteiger partial charge in [0.25, 0.3) is 0 Å². The third kappa shape index (κ3) is 2.03. The van der Waals surface area contributed by atoms with Crippen LogP contribution >= 0.6 is 11.6 Å². The summed E-state index contributed by atoms with van der Waals surface area (Å²) in [6.07, 6.45) is 4.04. The van der Waals surface area contributed by atoms with Crippen LogP contribution in [0.2, 0.25) is 5.22 Å². The largest absolute Gasteiger partial charge is 0.429 e. The van der Waals surface area contributed by atoms with Gasteiger partial charge in [-0.2, -0.15) is 0 Å². The number of rotatable bonds is 3. The van der Waals surface area contributed by atoms with Crippen molar-refractivity contribution in [3.8, 4) is 0 Å². The fourth-order valence-electron chi connectivity index (χ4n) is 1.38. The summed E-state index contributed by atoms with van der Waals surface area (Å²) in [5, 5.41) is 0.418. The SMILES string of the molecule is Cc1nc(CCC2(N)CC2)c(Cl)o1. The van der Waals surface area contributed by atoms with Gasteiger partial charge in [0.05, 0.1) is 5.69 Å². The summed E-state index contributed by atoms with van der Waals surface area (Å²) in [7, 11) is 0. The maximum atomic E-state index is 5.95. The van der Waals surface area contributed by atoms with Crippen molar-refractivity contribution in [3.63, 3.8) is 0 Å². The van der Waals surface area contributed by atoms with E-state index in [2.05, 4.69) is 4.98 Å². The molecule has 0 radical (unpaired) electrons. The van der Waals surface area contributed by atoms with Gasteiger partial charge in [-0.1, -0.05) is 0 Å². The van der Waals surface area contributed by atoms with Crippen LogP contribution < -0.4 is 5.73 Å². The van der Waals surface area contributed by atoms with Crippen LogP contribution in [0.1, 0.15) is 30.8 Å². The van der Waals surface area contributed by atoms with Gasteiger partial charge in [0.2, 0.25) is 5.22 Å². The first-order chi connectivity index (χ1) is 6.09. The number of aryl methyl sites for hydroxylation is 2. The first-order valence-electron chi connectivity index (χ1n) is 4.50. The Labute approximate surface area is 82.3 Å². The third-order valence-electron chi connectivity index (χ3n) is 2.51. The molecule has 0 aromatic carbocycles. The van der Waals surface area contributed by atoms with Crippen molar-refractivity contribution < 1.29 is 4.42 Å². The van der Waals surface area contributed by atoms with Crippen LogP contribution in [-0.2, 0) is 6.42 Å². The molecule has 0 unspecified atom stereocenters. The molecule has 1 aromatic rings. The highest BCUT2D eigenvalue weighted by atomic mass is 35.5. The Bertz CT molecular complexity index is 317. The van der Waals surface area contributed by atoms with Gasteiger partial charge < -0.3 is 10.2 Å². The second kappa shape index (κ2) is 3.00. The fourth-order valence-corrected chi connectivity index (χ4v) is 1.63. The minimum absolute atomic E-state index is 0.0657. The van der Waals surface area contributed by atoms with Crippen molar-refractivity contribution in [2.24, 2.45) is 5.73 Å². The van der Waals surface area contributed by atoms with Crippen molar-refractivity contribution >= 4 is 11.6 Å². The Kier molecular flexibility index (Phi) is 2.08. The van der Waals surface area contributed by atoms with E-state index in [1.165, 1.54) is 0 Å². The molecule has 0 aliphatic heterocycles. The normalized spacial score (nSPS) is 19.0. The molecule has 1 saturated carbocycles. The maximum absolute atomic E-state index is 5.95. The number of nitrogens with zero attached hydrogens (tertiary/aromatic N) is 1. The van der Waals surface area contributed by atoms with Crippen LogP contribution in [0.15, 0.2) is 4.42 Å². The molecular weight excluding hydrogens is 188 g/mol. The van der Waals surface area contributed by atoms with E-state index in [0.29, 0.717) is 11.1 Å².